The van der Waals surface area contributed by atoms with Crippen molar-refractivity contribution in [3.05, 3.63) is 41.2 Å². The Kier molecular flexibility index (Phi) is 7.15. The Labute approximate surface area is 180 Å². The minimum atomic E-state index is -3.56. The van der Waals surface area contributed by atoms with Gasteiger partial charge in [0.05, 0.1) is 16.1 Å². The van der Waals surface area contributed by atoms with Crippen LogP contribution in [-0.2, 0) is 10.0 Å². The third-order valence-electron chi connectivity index (χ3n) is 4.88. The minimum Gasteiger partial charge on any atom is -0.321 e. The third-order valence-corrected chi connectivity index (χ3v) is 7.69. The lowest BCUT2D eigenvalue weighted by molar-refractivity contribution is 0.102. The summed E-state index contributed by atoms with van der Waals surface area (Å²) in [4.78, 5) is 20.9. The number of aromatic nitrogens is 2. The molecule has 10 heteroatoms. The molecule has 7 nitrogen and oxygen atoms in total. The van der Waals surface area contributed by atoms with Crippen LogP contribution in [0.2, 0.25) is 5.02 Å². The topological polar surface area (TPSA) is 92.3 Å². The van der Waals surface area contributed by atoms with Crippen molar-refractivity contribution in [1.29, 1.82) is 0 Å². The van der Waals surface area contributed by atoms with Crippen molar-refractivity contribution in [3.63, 3.8) is 0 Å². The fourth-order valence-electron chi connectivity index (χ4n) is 3.34. The van der Waals surface area contributed by atoms with Crippen molar-refractivity contribution in [1.82, 2.24) is 14.3 Å². The van der Waals surface area contributed by atoms with Crippen molar-refractivity contribution in [2.24, 2.45) is 0 Å². The van der Waals surface area contributed by atoms with Crippen LogP contribution in [0.25, 0.3) is 0 Å². The number of nitrogens with zero attached hydrogens (tertiary/aromatic N) is 3. The summed E-state index contributed by atoms with van der Waals surface area (Å²) in [6.45, 7) is 2.56. The quantitative estimate of drug-likeness (QED) is 0.522. The molecule has 0 radical (unpaired) electrons. The second kappa shape index (κ2) is 9.42. The van der Waals surface area contributed by atoms with Gasteiger partial charge >= 0.3 is 0 Å². The summed E-state index contributed by atoms with van der Waals surface area (Å²) >= 11 is 7.34. The number of hydrogen-bond acceptors (Lipinski definition) is 6. The number of piperidine rings is 1. The fourth-order valence-corrected chi connectivity index (χ4v) is 5.63. The van der Waals surface area contributed by atoms with Gasteiger partial charge in [-0.25, -0.2) is 18.4 Å². The molecule has 0 bridgehead atoms. The SMILES string of the molecule is CC[C@@H]1CCCCN1S(=O)(=O)c1ccc(NC(=O)c2nc(SC)ncc2Cl)cc1. The molecule has 2 heterocycles. The Morgan fingerprint density at radius 3 is 2.69 bits per heavy atom. The monoisotopic (exact) mass is 454 g/mol. The lowest BCUT2D eigenvalue weighted by Gasteiger charge is -2.34. The highest BCUT2D eigenvalue weighted by atomic mass is 35.5. The molecule has 1 aliphatic heterocycles. The van der Waals surface area contributed by atoms with Gasteiger partial charge in [-0.3, -0.25) is 4.79 Å². The number of carbonyl (C=O) groups excluding carboxylic acids is 1. The molecular formula is C19H23ClN4O3S2. The smallest absolute Gasteiger partial charge is 0.275 e. The molecule has 1 fully saturated rings. The van der Waals surface area contributed by atoms with Gasteiger partial charge in [0, 0.05) is 18.3 Å². The highest BCUT2D eigenvalue weighted by Gasteiger charge is 2.32. The number of amides is 1. The lowest BCUT2D eigenvalue weighted by Crippen LogP contribution is -2.43. The van der Waals surface area contributed by atoms with Gasteiger partial charge in [-0.15, -0.1) is 0 Å². The molecule has 1 amide bonds. The fraction of sp³-hybridized carbons (Fsp3) is 0.421. The summed E-state index contributed by atoms with van der Waals surface area (Å²) in [5, 5.41) is 3.28. The molecule has 1 saturated heterocycles. The number of halogens is 1. The van der Waals surface area contributed by atoms with Gasteiger partial charge in [-0.2, -0.15) is 4.31 Å². The number of anilines is 1. The normalized spacial score (nSPS) is 17.8. The van der Waals surface area contributed by atoms with E-state index < -0.39 is 15.9 Å². The van der Waals surface area contributed by atoms with E-state index in [-0.39, 0.29) is 21.7 Å². The summed E-state index contributed by atoms with van der Waals surface area (Å²) < 4.78 is 27.7. The zero-order valence-electron chi connectivity index (χ0n) is 16.3. The van der Waals surface area contributed by atoms with E-state index in [1.807, 2.05) is 6.92 Å². The molecule has 1 aromatic carbocycles. The lowest BCUT2D eigenvalue weighted by atomic mass is 10.0. The van der Waals surface area contributed by atoms with Crippen molar-refractivity contribution in [3.8, 4) is 0 Å². The number of benzene rings is 1. The summed E-state index contributed by atoms with van der Waals surface area (Å²) in [5.41, 5.74) is 0.529. The predicted molar refractivity (Wildman–Crippen MR) is 115 cm³/mol. The van der Waals surface area contributed by atoms with Crippen LogP contribution in [0.3, 0.4) is 0 Å². The molecule has 0 unspecified atom stereocenters. The average molecular weight is 455 g/mol. The second-order valence-electron chi connectivity index (χ2n) is 6.71. The van der Waals surface area contributed by atoms with Crippen LogP contribution in [0, 0.1) is 0 Å². The van der Waals surface area contributed by atoms with Crippen LogP contribution in [0.1, 0.15) is 43.1 Å². The second-order valence-corrected chi connectivity index (χ2v) is 9.78. The molecule has 29 heavy (non-hydrogen) atoms. The molecule has 1 aliphatic rings. The summed E-state index contributed by atoms with van der Waals surface area (Å²) in [6, 6.07) is 6.21. The molecule has 1 atom stereocenters. The van der Waals surface area contributed by atoms with Gasteiger partial charge in [-0.1, -0.05) is 36.7 Å². The summed E-state index contributed by atoms with van der Waals surface area (Å²) in [7, 11) is -3.56. The third kappa shape index (κ3) is 4.91. The highest BCUT2D eigenvalue weighted by molar-refractivity contribution is 7.98. The number of carbonyl (C=O) groups is 1. The first kappa shape index (κ1) is 22.0. The number of sulfonamides is 1. The van der Waals surface area contributed by atoms with Crippen LogP contribution in [0.4, 0.5) is 5.69 Å². The first-order chi connectivity index (χ1) is 13.9. The number of rotatable bonds is 6. The van der Waals surface area contributed by atoms with Crippen LogP contribution in [0.5, 0.6) is 0 Å². The first-order valence-corrected chi connectivity index (χ1v) is 12.4. The Morgan fingerprint density at radius 2 is 2.03 bits per heavy atom. The maximum atomic E-state index is 13.0. The molecule has 2 aromatic rings. The average Bonchev–Trinajstić information content (AvgIpc) is 2.74. The van der Waals surface area contributed by atoms with Crippen LogP contribution >= 0.6 is 23.4 Å². The number of thioether (sulfide) groups is 1. The van der Waals surface area contributed by atoms with Gasteiger partial charge in [0.2, 0.25) is 10.0 Å². The summed E-state index contributed by atoms with van der Waals surface area (Å²) in [5.74, 6) is -0.481. The zero-order valence-corrected chi connectivity index (χ0v) is 18.6. The molecular weight excluding hydrogens is 432 g/mol. The van der Waals surface area contributed by atoms with E-state index >= 15 is 0 Å². The van der Waals surface area contributed by atoms with Crippen molar-refractivity contribution in [2.75, 3.05) is 18.1 Å². The zero-order chi connectivity index (χ0) is 21.0. The number of nitrogens with one attached hydrogen (secondary N) is 1. The van der Waals surface area contributed by atoms with Gasteiger partial charge in [0.15, 0.2) is 10.9 Å². The van der Waals surface area contributed by atoms with E-state index in [1.165, 1.54) is 30.1 Å². The highest BCUT2D eigenvalue weighted by Crippen LogP contribution is 2.28. The Morgan fingerprint density at radius 1 is 1.31 bits per heavy atom. The van der Waals surface area contributed by atoms with Crippen LogP contribution in [0.15, 0.2) is 40.5 Å². The van der Waals surface area contributed by atoms with Gasteiger partial charge in [0.25, 0.3) is 5.91 Å². The molecule has 1 N–H and O–H groups in total. The molecule has 0 aliphatic carbocycles. The van der Waals surface area contributed by atoms with E-state index in [1.54, 1.807) is 22.7 Å². The Bertz CT molecular complexity index is 983. The molecule has 1 aromatic heterocycles. The van der Waals surface area contributed by atoms with Crippen molar-refractivity contribution >= 4 is 45.0 Å². The number of hydrogen-bond donors (Lipinski definition) is 1. The van der Waals surface area contributed by atoms with E-state index in [0.717, 1.165) is 25.7 Å². The molecule has 0 spiro atoms. The maximum Gasteiger partial charge on any atom is 0.275 e. The van der Waals surface area contributed by atoms with E-state index in [0.29, 0.717) is 17.4 Å². The van der Waals surface area contributed by atoms with E-state index in [2.05, 4.69) is 15.3 Å². The van der Waals surface area contributed by atoms with Gasteiger partial charge in [0.1, 0.15) is 0 Å². The minimum absolute atomic E-state index is 0.0404. The standard InChI is InChI=1S/C19H23ClN4O3S2/c1-3-14-6-4-5-11-24(14)29(26,27)15-9-7-13(8-10-15)22-18(25)17-16(20)12-21-19(23-17)28-2/h7-10,12,14H,3-6,11H2,1-2H3,(H,22,25)/t14-/m1/s1. The predicted octanol–water partition coefficient (Wildman–Crippen LogP) is 4.06. The molecule has 156 valence electrons. The van der Waals surface area contributed by atoms with E-state index in [9.17, 15) is 13.2 Å². The van der Waals surface area contributed by atoms with E-state index in [4.69, 9.17) is 11.6 Å². The van der Waals surface area contributed by atoms with Crippen LogP contribution < -0.4 is 5.32 Å². The summed E-state index contributed by atoms with van der Waals surface area (Å²) in [6.07, 6.45) is 6.80. The largest absolute Gasteiger partial charge is 0.321 e. The van der Waals surface area contributed by atoms with Gasteiger partial charge < -0.3 is 5.32 Å². The van der Waals surface area contributed by atoms with Gasteiger partial charge in [-0.05, 0) is 49.8 Å². The van der Waals surface area contributed by atoms with Crippen LogP contribution in [-0.4, -0.2) is 47.4 Å². The maximum absolute atomic E-state index is 13.0. The molecule has 0 saturated carbocycles. The first-order valence-electron chi connectivity index (χ1n) is 9.36. The Balaban J connectivity index is 1.77. The molecule has 3 rings (SSSR count). The van der Waals surface area contributed by atoms with Crippen molar-refractivity contribution in [2.45, 2.75) is 48.7 Å². The van der Waals surface area contributed by atoms with Crippen molar-refractivity contribution < 1.29 is 13.2 Å². The Hall–Kier alpha value is -1.68.